The van der Waals surface area contributed by atoms with Crippen molar-refractivity contribution in [2.24, 2.45) is 0 Å². The number of carbonyl (C=O) groups is 1. The maximum atomic E-state index is 11.0. The number of nitrogens with one attached hydrogen (secondary N) is 1. The first-order valence-electron chi connectivity index (χ1n) is 6.22. The summed E-state index contributed by atoms with van der Waals surface area (Å²) in [6.07, 6.45) is 1.79. The third kappa shape index (κ3) is 2.28. The highest BCUT2D eigenvalue weighted by Crippen LogP contribution is 2.31. The number of fused-ring (bicyclic) bond motifs is 1. The molecule has 0 aliphatic heterocycles. The first kappa shape index (κ1) is 12.8. The molecule has 1 heterocycles. The standard InChI is InChI=1S/C16H12ClNO2/c17-14-3-1-2-12(13(14)9-16(19)20)11-5-4-10-6-7-18-15(10)8-11/h1-8,18H,9H2,(H,19,20). The van der Waals surface area contributed by atoms with Gasteiger partial charge in [-0.05, 0) is 40.3 Å². The van der Waals surface area contributed by atoms with Gasteiger partial charge in [0.15, 0.2) is 0 Å². The number of H-pyrrole nitrogens is 1. The fourth-order valence-electron chi connectivity index (χ4n) is 2.38. The van der Waals surface area contributed by atoms with Crippen LogP contribution in [0.25, 0.3) is 22.0 Å². The highest BCUT2D eigenvalue weighted by molar-refractivity contribution is 6.32. The van der Waals surface area contributed by atoms with E-state index in [4.69, 9.17) is 16.7 Å². The molecule has 4 heteroatoms. The maximum absolute atomic E-state index is 11.0. The molecule has 3 aromatic rings. The van der Waals surface area contributed by atoms with E-state index >= 15 is 0 Å². The summed E-state index contributed by atoms with van der Waals surface area (Å²) in [6.45, 7) is 0. The zero-order chi connectivity index (χ0) is 14.1. The minimum Gasteiger partial charge on any atom is -0.481 e. The average molecular weight is 286 g/mol. The molecule has 1 aromatic heterocycles. The average Bonchev–Trinajstić information content (AvgIpc) is 2.88. The molecule has 0 amide bonds. The predicted molar refractivity (Wildman–Crippen MR) is 80.1 cm³/mol. The van der Waals surface area contributed by atoms with Crippen molar-refractivity contribution in [2.45, 2.75) is 6.42 Å². The zero-order valence-corrected chi connectivity index (χ0v) is 11.3. The molecule has 0 spiro atoms. The van der Waals surface area contributed by atoms with Crippen molar-refractivity contribution in [3.8, 4) is 11.1 Å². The molecule has 3 nitrogen and oxygen atoms in total. The molecule has 0 radical (unpaired) electrons. The van der Waals surface area contributed by atoms with Gasteiger partial charge in [-0.1, -0.05) is 35.9 Å². The normalized spacial score (nSPS) is 10.8. The van der Waals surface area contributed by atoms with E-state index in [1.807, 2.05) is 42.6 Å². The second-order valence-electron chi connectivity index (χ2n) is 4.62. The topological polar surface area (TPSA) is 53.1 Å². The van der Waals surface area contributed by atoms with Gasteiger partial charge in [0.25, 0.3) is 0 Å². The summed E-state index contributed by atoms with van der Waals surface area (Å²) < 4.78 is 0. The van der Waals surface area contributed by atoms with Crippen molar-refractivity contribution in [1.29, 1.82) is 0 Å². The number of halogens is 1. The molecule has 0 saturated heterocycles. The van der Waals surface area contributed by atoms with E-state index < -0.39 is 5.97 Å². The van der Waals surface area contributed by atoms with Crippen LogP contribution in [0.4, 0.5) is 0 Å². The van der Waals surface area contributed by atoms with Gasteiger partial charge in [0, 0.05) is 16.7 Å². The van der Waals surface area contributed by atoms with Gasteiger partial charge in [0.1, 0.15) is 0 Å². The van der Waals surface area contributed by atoms with Crippen LogP contribution < -0.4 is 0 Å². The quantitative estimate of drug-likeness (QED) is 0.761. The van der Waals surface area contributed by atoms with Gasteiger partial charge in [-0.15, -0.1) is 0 Å². The number of aliphatic carboxylic acids is 1. The molecule has 0 aliphatic rings. The molecule has 0 saturated carbocycles. The third-order valence-corrected chi connectivity index (χ3v) is 3.67. The van der Waals surface area contributed by atoms with E-state index in [0.29, 0.717) is 10.6 Å². The first-order chi connectivity index (χ1) is 9.65. The van der Waals surface area contributed by atoms with Crippen LogP contribution in [0, 0.1) is 0 Å². The number of carboxylic acid groups (broad SMARTS) is 1. The Kier molecular flexibility index (Phi) is 3.20. The van der Waals surface area contributed by atoms with Crippen molar-refractivity contribution in [2.75, 3.05) is 0 Å². The highest BCUT2D eigenvalue weighted by Gasteiger charge is 2.12. The van der Waals surface area contributed by atoms with Gasteiger partial charge >= 0.3 is 5.97 Å². The third-order valence-electron chi connectivity index (χ3n) is 3.31. The lowest BCUT2D eigenvalue weighted by molar-refractivity contribution is -0.136. The Morgan fingerprint density at radius 3 is 2.85 bits per heavy atom. The Hall–Kier alpha value is -2.26. The molecule has 0 atom stereocenters. The van der Waals surface area contributed by atoms with Crippen LogP contribution >= 0.6 is 11.6 Å². The van der Waals surface area contributed by atoms with E-state index in [2.05, 4.69) is 4.98 Å². The van der Waals surface area contributed by atoms with Gasteiger partial charge < -0.3 is 10.1 Å². The molecule has 0 fully saturated rings. The summed E-state index contributed by atoms with van der Waals surface area (Å²) in [5.74, 6) is -0.889. The van der Waals surface area contributed by atoms with E-state index in [1.54, 1.807) is 6.07 Å². The Bertz CT molecular complexity index is 792. The number of benzene rings is 2. The summed E-state index contributed by atoms with van der Waals surface area (Å²) >= 11 is 6.15. The van der Waals surface area contributed by atoms with Crippen LogP contribution in [0.15, 0.2) is 48.7 Å². The first-order valence-corrected chi connectivity index (χ1v) is 6.59. The van der Waals surface area contributed by atoms with Crippen LogP contribution in [0.2, 0.25) is 5.02 Å². The highest BCUT2D eigenvalue weighted by atomic mass is 35.5. The molecular formula is C16H12ClNO2. The van der Waals surface area contributed by atoms with E-state index in [1.165, 1.54) is 0 Å². The van der Waals surface area contributed by atoms with Gasteiger partial charge in [-0.25, -0.2) is 0 Å². The number of aromatic nitrogens is 1. The molecular weight excluding hydrogens is 274 g/mol. The van der Waals surface area contributed by atoms with E-state index in [9.17, 15) is 4.79 Å². The lowest BCUT2D eigenvalue weighted by Crippen LogP contribution is -2.02. The number of rotatable bonds is 3. The lowest BCUT2D eigenvalue weighted by atomic mass is 9.97. The Balaban J connectivity index is 2.17. The number of aromatic amines is 1. The molecule has 20 heavy (non-hydrogen) atoms. The molecule has 0 aliphatic carbocycles. The van der Waals surface area contributed by atoms with Crippen molar-refractivity contribution >= 4 is 28.5 Å². The zero-order valence-electron chi connectivity index (χ0n) is 10.6. The minimum atomic E-state index is -0.889. The maximum Gasteiger partial charge on any atom is 0.307 e. The molecule has 2 N–H and O–H groups in total. The van der Waals surface area contributed by atoms with Gasteiger partial charge in [0.2, 0.25) is 0 Å². The predicted octanol–water partition coefficient (Wildman–Crippen LogP) is 4.12. The largest absolute Gasteiger partial charge is 0.481 e. The van der Waals surface area contributed by atoms with Crippen LogP contribution in [-0.4, -0.2) is 16.1 Å². The SMILES string of the molecule is O=C(O)Cc1c(Cl)cccc1-c1ccc2cc[nH]c2c1. The summed E-state index contributed by atoms with van der Waals surface area (Å²) in [4.78, 5) is 14.2. The minimum absolute atomic E-state index is 0.0855. The lowest BCUT2D eigenvalue weighted by Gasteiger charge is -2.10. The molecule has 3 rings (SSSR count). The van der Waals surface area contributed by atoms with Crippen LogP contribution in [0.1, 0.15) is 5.56 Å². The fourth-order valence-corrected chi connectivity index (χ4v) is 2.62. The van der Waals surface area contributed by atoms with Crippen molar-refractivity contribution < 1.29 is 9.90 Å². The second-order valence-corrected chi connectivity index (χ2v) is 5.02. The van der Waals surface area contributed by atoms with Crippen LogP contribution in [-0.2, 0) is 11.2 Å². The number of hydrogen-bond donors (Lipinski definition) is 2. The molecule has 0 bridgehead atoms. The van der Waals surface area contributed by atoms with Crippen molar-refractivity contribution in [3.63, 3.8) is 0 Å². The summed E-state index contributed by atoms with van der Waals surface area (Å²) in [5.41, 5.74) is 3.48. The van der Waals surface area contributed by atoms with E-state index in [0.717, 1.165) is 22.0 Å². The molecule has 0 unspecified atom stereocenters. The second kappa shape index (κ2) is 5.02. The molecule has 2 aromatic carbocycles. The fraction of sp³-hybridized carbons (Fsp3) is 0.0625. The Morgan fingerprint density at radius 2 is 2.05 bits per heavy atom. The Labute approximate surface area is 120 Å². The number of carboxylic acids is 1. The summed E-state index contributed by atoms with van der Waals surface area (Å²) in [6, 6.07) is 13.4. The molecule has 100 valence electrons. The van der Waals surface area contributed by atoms with Crippen LogP contribution in [0.3, 0.4) is 0 Å². The Morgan fingerprint density at radius 1 is 1.20 bits per heavy atom. The van der Waals surface area contributed by atoms with Gasteiger partial charge in [-0.2, -0.15) is 0 Å². The van der Waals surface area contributed by atoms with Gasteiger partial charge in [-0.3, -0.25) is 4.79 Å². The number of hydrogen-bond acceptors (Lipinski definition) is 1. The van der Waals surface area contributed by atoms with Crippen molar-refractivity contribution in [1.82, 2.24) is 4.98 Å². The summed E-state index contributed by atoms with van der Waals surface area (Å²) in [7, 11) is 0. The van der Waals surface area contributed by atoms with Gasteiger partial charge in [0.05, 0.1) is 6.42 Å². The summed E-state index contributed by atoms with van der Waals surface area (Å²) in [5, 5.41) is 10.6. The van der Waals surface area contributed by atoms with Crippen LogP contribution in [0.5, 0.6) is 0 Å². The smallest absolute Gasteiger partial charge is 0.307 e. The van der Waals surface area contributed by atoms with Crippen molar-refractivity contribution in [3.05, 3.63) is 59.2 Å². The van der Waals surface area contributed by atoms with E-state index in [-0.39, 0.29) is 6.42 Å². The monoisotopic (exact) mass is 285 g/mol.